The van der Waals surface area contributed by atoms with Crippen molar-refractivity contribution in [1.82, 2.24) is 9.80 Å². The summed E-state index contributed by atoms with van der Waals surface area (Å²) in [6, 6.07) is 17.2. The predicted octanol–water partition coefficient (Wildman–Crippen LogP) is 3.59. The van der Waals surface area contributed by atoms with Crippen molar-refractivity contribution in [3.8, 4) is 5.75 Å². The van der Waals surface area contributed by atoms with Crippen molar-refractivity contribution < 1.29 is 14.3 Å². The fourth-order valence-corrected chi connectivity index (χ4v) is 3.25. The zero-order valence-electron chi connectivity index (χ0n) is 16.8. The van der Waals surface area contributed by atoms with E-state index in [-0.39, 0.29) is 24.5 Å². The minimum Gasteiger partial charge on any atom is -0.484 e. The fourth-order valence-electron chi connectivity index (χ4n) is 3.25. The molecule has 2 aromatic carbocycles. The summed E-state index contributed by atoms with van der Waals surface area (Å²) in [6.07, 6.45) is 2.36. The Morgan fingerprint density at radius 2 is 1.68 bits per heavy atom. The molecule has 3 rings (SSSR count). The summed E-state index contributed by atoms with van der Waals surface area (Å²) < 4.78 is 5.72. The molecule has 2 aromatic rings. The lowest BCUT2D eigenvalue weighted by atomic mass is 10.1. The Morgan fingerprint density at radius 3 is 2.25 bits per heavy atom. The molecular formula is C23H28N2O3. The minimum atomic E-state index is -0.0603. The van der Waals surface area contributed by atoms with E-state index in [4.69, 9.17) is 4.74 Å². The molecule has 0 aromatic heterocycles. The minimum absolute atomic E-state index is 0.00906. The molecule has 1 fully saturated rings. The maximum Gasteiger partial charge on any atom is 0.261 e. The Balaban J connectivity index is 1.62. The van der Waals surface area contributed by atoms with E-state index in [2.05, 4.69) is 6.92 Å². The third kappa shape index (κ3) is 5.12. The van der Waals surface area contributed by atoms with E-state index in [0.717, 1.165) is 5.56 Å². The summed E-state index contributed by atoms with van der Waals surface area (Å²) in [4.78, 5) is 28.3. The second-order valence-electron chi connectivity index (χ2n) is 7.60. The lowest BCUT2D eigenvalue weighted by Gasteiger charge is -2.29. The van der Waals surface area contributed by atoms with Gasteiger partial charge in [-0.3, -0.25) is 9.59 Å². The molecule has 0 spiro atoms. The molecule has 1 aliphatic carbocycles. The van der Waals surface area contributed by atoms with Crippen LogP contribution in [0.1, 0.15) is 35.7 Å². The van der Waals surface area contributed by atoms with Gasteiger partial charge in [-0.2, -0.15) is 0 Å². The van der Waals surface area contributed by atoms with Crippen LogP contribution in [0, 0.1) is 5.92 Å². The number of ether oxygens (including phenoxy) is 1. The third-order valence-corrected chi connectivity index (χ3v) is 5.18. The summed E-state index contributed by atoms with van der Waals surface area (Å²) in [5.74, 6) is 1.10. The van der Waals surface area contributed by atoms with Gasteiger partial charge in [0.15, 0.2) is 6.61 Å². The summed E-state index contributed by atoms with van der Waals surface area (Å²) >= 11 is 0. The van der Waals surface area contributed by atoms with Gasteiger partial charge in [-0.15, -0.1) is 0 Å². The highest BCUT2D eigenvalue weighted by molar-refractivity contribution is 5.93. The van der Waals surface area contributed by atoms with Crippen LogP contribution in [0.5, 0.6) is 5.75 Å². The van der Waals surface area contributed by atoms with E-state index in [1.165, 1.54) is 17.7 Å². The number of amides is 2. The van der Waals surface area contributed by atoms with Crippen LogP contribution in [0.3, 0.4) is 0 Å². The zero-order valence-corrected chi connectivity index (χ0v) is 16.8. The van der Waals surface area contributed by atoms with E-state index >= 15 is 0 Å². The lowest BCUT2D eigenvalue weighted by molar-refractivity contribution is -0.136. The van der Waals surface area contributed by atoms with Gasteiger partial charge < -0.3 is 14.5 Å². The Bertz CT molecular complexity index is 798. The number of nitrogens with zero attached hydrogens (tertiary/aromatic N) is 2. The molecule has 28 heavy (non-hydrogen) atoms. The zero-order chi connectivity index (χ0) is 20.1. The van der Waals surface area contributed by atoms with Crippen LogP contribution >= 0.6 is 0 Å². The average molecular weight is 380 g/mol. The molecule has 0 N–H and O–H groups in total. The van der Waals surface area contributed by atoms with E-state index in [1.54, 1.807) is 38.4 Å². The number of carbonyl (C=O) groups excluding carboxylic acids is 2. The Kier molecular flexibility index (Phi) is 6.34. The van der Waals surface area contributed by atoms with Crippen LogP contribution < -0.4 is 4.74 Å². The van der Waals surface area contributed by atoms with Crippen molar-refractivity contribution in [2.45, 2.75) is 32.4 Å². The van der Waals surface area contributed by atoms with E-state index < -0.39 is 0 Å². The SMILES string of the molecule is CC(C1CC1)N(Cc1ccccc1)C(=O)COc1ccc(C(=O)N(C)C)cc1. The van der Waals surface area contributed by atoms with Crippen LogP contribution in [0.15, 0.2) is 54.6 Å². The Labute approximate surface area is 166 Å². The molecular weight excluding hydrogens is 352 g/mol. The molecule has 2 amide bonds. The van der Waals surface area contributed by atoms with Gasteiger partial charge in [0.05, 0.1) is 0 Å². The van der Waals surface area contributed by atoms with Gasteiger partial charge in [0.1, 0.15) is 5.75 Å². The number of carbonyl (C=O) groups is 2. The van der Waals surface area contributed by atoms with E-state index in [0.29, 0.717) is 23.8 Å². The second kappa shape index (κ2) is 8.91. The van der Waals surface area contributed by atoms with Crippen LogP contribution in [-0.2, 0) is 11.3 Å². The first-order valence-corrected chi connectivity index (χ1v) is 9.73. The molecule has 1 atom stereocenters. The van der Waals surface area contributed by atoms with Crippen LogP contribution in [0.2, 0.25) is 0 Å². The van der Waals surface area contributed by atoms with Crippen molar-refractivity contribution in [3.63, 3.8) is 0 Å². The molecule has 1 unspecified atom stereocenters. The lowest BCUT2D eigenvalue weighted by Crippen LogP contribution is -2.42. The Morgan fingerprint density at radius 1 is 1.04 bits per heavy atom. The highest BCUT2D eigenvalue weighted by Crippen LogP contribution is 2.35. The molecule has 0 aliphatic heterocycles. The quantitative estimate of drug-likeness (QED) is 0.703. The molecule has 148 valence electrons. The largest absolute Gasteiger partial charge is 0.484 e. The van der Waals surface area contributed by atoms with Gasteiger partial charge in [0.25, 0.3) is 11.8 Å². The normalized spacial score (nSPS) is 14.2. The molecule has 0 heterocycles. The van der Waals surface area contributed by atoms with Gasteiger partial charge in [0.2, 0.25) is 0 Å². The third-order valence-electron chi connectivity index (χ3n) is 5.18. The highest BCUT2D eigenvalue weighted by Gasteiger charge is 2.34. The van der Waals surface area contributed by atoms with Gasteiger partial charge in [-0.05, 0) is 55.5 Å². The molecule has 1 saturated carbocycles. The number of benzene rings is 2. The van der Waals surface area contributed by atoms with Crippen molar-refractivity contribution in [1.29, 1.82) is 0 Å². The molecule has 0 saturated heterocycles. The molecule has 0 bridgehead atoms. The fraction of sp³-hybridized carbons (Fsp3) is 0.391. The van der Waals surface area contributed by atoms with Gasteiger partial charge in [-0.25, -0.2) is 0 Å². The smallest absolute Gasteiger partial charge is 0.261 e. The molecule has 0 radical (unpaired) electrons. The molecule has 5 heteroatoms. The standard InChI is InChI=1S/C23H28N2O3/c1-17(19-9-10-19)25(15-18-7-5-4-6-8-18)22(26)16-28-21-13-11-20(12-14-21)23(27)24(2)3/h4-8,11-14,17,19H,9-10,15-16H2,1-3H3. The topological polar surface area (TPSA) is 49.9 Å². The second-order valence-corrected chi connectivity index (χ2v) is 7.60. The van der Waals surface area contributed by atoms with Gasteiger partial charge in [0, 0.05) is 32.2 Å². The van der Waals surface area contributed by atoms with Crippen molar-refractivity contribution in [3.05, 3.63) is 65.7 Å². The summed E-state index contributed by atoms with van der Waals surface area (Å²) in [5.41, 5.74) is 1.71. The monoisotopic (exact) mass is 380 g/mol. The molecule has 5 nitrogen and oxygen atoms in total. The first-order valence-electron chi connectivity index (χ1n) is 9.73. The van der Waals surface area contributed by atoms with E-state index in [9.17, 15) is 9.59 Å². The first-order chi connectivity index (χ1) is 13.5. The average Bonchev–Trinajstić information content (AvgIpc) is 3.55. The van der Waals surface area contributed by atoms with Gasteiger partial charge in [-0.1, -0.05) is 30.3 Å². The highest BCUT2D eigenvalue weighted by atomic mass is 16.5. The summed E-state index contributed by atoms with van der Waals surface area (Å²) in [6.45, 7) is 2.71. The van der Waals surface area contributed by atoms with Crippen LogP contribution in [0.4, 0.5) is 0 Å². The number of hydrogen-bond donors (Lipinski definition) is 0. The Hall–Kier alpha value is -2.82. The van der Waals surface area contributed by atoms with E-state index in [1.807, 2.05) is 35.2 Å². The first kappa shape index (κ1) is 19.9. The van der Waals surface area contributed by atoms with Gasteiger partial charge >= 0.3 is 0 Å². The predicted molar refractivity (Wildman–Crippen MR) is 109 cm³/mol. The number of rotatable bonds is 8. The summed E-state index contributed by atoms with van der Waals surface area (Å²) in [5, 5.41) is 0. The summed E-state index contributed by atoms with van der Waals surface area (Å²) in [7, 11) is 3.43. The maximum atomic E-state index is 12.9. The van der Waals surface area contributed by atoms with Crippen molar-refractivity contribution in [2.75, 3.05) is 20.7 Å². The van der Waals surface area contributed by atoms with Crippen LogP contribution in [-0.4, -0.2) is 48.4 Å². The van der Waals surface area contributed by atoms with Crippen molar-refractivity contribution >= 4 is 11.8 Å². The maximum absolute atomic E-state index is 12.9. The molecule has 1 aliphatic rings. The van der Waals surface area contributed by atoms with Crippen LogP contribution in [0.25, 0.3) is 0 Å². The number of hydrogen-bond acceptors (Lipinski definition) is 3. The van der Waals surface area contributed by atoms with Crippen molar-refractivity contribution in [2.24, 2.45) is 5.92 Å².